The summed E-state index contributed by atoms with van der Waals surface area (Å²) in [5.41, 5.74) is 6.70. The van der Waals surface area contributed by atoms with Crippen LogP contribution in [0.15, 0.2) is 48.5 Å². The second-order valence-electron chi connectivity index (χ2n) is 5.61. The standard InChI is InChI=1S/C18H19N3O4/c1-24-14-8-4-2-6-12(14)20-17(22)11-21-10-16(18(19)23)25-15-9-5-3-7-13(15)21/h2-9,16H,10-11H2,1H3,(H2,19,23)(H,20,22)/t16-/m1/s1. The fraction of sp³-hybridized carbons (Fsp3) is 0.222. The van der Waals surface area contributed by atoms with E-state index in [1.807, 2.05) is 24.3 Å². The summed E-state index contributed by atoms with van der Waals surface area (Å²) < 4.78 is 10.8. The number of carbonyl (C=O) groups is 2. The van der Waals surface area contributed by atoms with Gasteiger partial charge < -0.3 is 25.4 Å². The summed E-state index contributed by atoms with van der Waals surface area (Å²) in [6.07, 6.45) is -0.797. The van der Waals surface area contributed by atoms with Crippen LogP contribution in [0.25, 0.3) is 0 Å². The van der Waals surface area contributed by atoms with Gasteiger partial charge in [-0.15, -0.1) is 0 Å². The number of rotatable bonds is 5. The Morgan fingerprint density at radius 3 is 2.72 bits per heavy atom. The fourth-order valence-corrected chi connectivity index (χ4v) is 2.72. The van der Waals surface area contributed by atoms with Crippen molar-refractivity contribution in [1.29, 1.82) is 0 Å². The van der Waals surface area contributed by atoms with E-state index in [-0.39, 0.29) is 19.0 Å². The summed E-state index contributed by atoms with van der Waals surface area (Å²) in [5, 5.41) is 2.82. The average molecular weight is 341 g/mol. The van der Waals surface area contributed by atoms with E-state index in [0.717, 1.165) is 5.69 Å². The number of nitrogens with one attached hydrogen (secondary N) is 1. The second kappa shape index (κ2) is 7.12. The minimum atomic E-state index is -0.797. The Morgan fingerprint density at radius 2 is 1.96 bits per heavy atom. The third-order valence-corrected chi connectivity index (χ3v) is 3.89. The van der Waals surface area contributed by atoms with Crippen LogP contribution in [0.4, 0.5) is 11.4 Å². The van der Waals surface area contributed by atoms with E-state index in [2.05, 4.69) is 5.32 Å². The van der Waals surface area contributed by atoms with Gasteiger partial charge in [-0.05, 0) is 24.3 Å². The van der Waals surface area contributed by atoms with Gasteiger partial charge in [-0.3, -0.25) is 9.59 Å². The van der Waals surface area contributed by atoms with Crippen LogP contribution in [-0.4, -0.2) is 38.1 Å². The van der Waals surface area contributed by atoms with E-state index >= 15 is 0 Å². The molecule has 130 valence electrons. The molecule has 0 bridgehead atoms. The largest absolute Gasteiger partial charge is 0.495 e. The molecule has 1 aliphatic heterocycles. The Hall–Kier alpha value is -3.22. The topological polar surface area (TPSA) is 93.9 Å². The average Bonchev–Trinajstić information content (AvgIpc) is 2.62. The zero-order valence-corrected chi connectivity index (χ0v) is 13.8. The first-order chi connectivity index (χ1) is 12.1. The lowest BCUT2D eigenvalue weighted by molar-refractivity contribution is -0.125. The number of methoxy groups -OCH3 is 1. The number of nitrogens with two attached hydrogens (primary N) is 1. The minimum absolute atomic E-state index is 0.0577. The zero-order valence-electron chi connectivity index (χ0n) is 13.8. The van der Waals surface area contributed by atoms with Crippen LogP contribution in [0.3, 0.4) is 0 Å². The molecule has 7 heteroatoms. The molecule has 1 atom stereocenters. The molecular formula is C18H19N3O4. The summed E-state index contributed by atoms with van der Waals surface area (Å²) in [5.74, 6) is 0.310. The highest BCUT2D eigenvalue weighted by atomic mass is 16.5. The number of hydrogen-bond donors (Lipinski definition) is 2. The van der Waals surface area contributed by atoms with Crippen molar-refractivity contribution in [3.8, 4) is 11.5 Å². The molecule has 3 N–H and O–H groups in total. The lowest BCUT2D eigenvalue weighted by atomic mass is 10.1. The molecule has 0 radical (unpaired) electrons. The van der Waals surface area contributed by atoms with Gasteiger partial charge in [0.05, 0.1) is 31.6 Å². The maximum atomic E-state index is 12.5. The summed E-state index contributed by atoms with van der Waals surface area (Å²) in [7, 11) is 1.54. The van der Waals surface area contributed by atoms with E-state index in [1.165, 1.54) is 0 Å². The second-order valence-corrected chi connectivity index (χ2v) is 5.61. The first kappa shape index (κ1) is 16.6. The van der Waals surface area contributed by atoms with Gasteiger partial charge in [0.2, 0.25) is 5.91 Å². The van der Waals surface area contributed by atoms with Crippen molar-refractivity contribution in [2.75, 3.05) is 30.4 Å². The highest BCUT2D eigenvalue weighted by molar-refractivity contribution is 5.96. The molecule has 0 spiro atoms. The molecular weight excluding hydrogens is 322 g/mol. The molecule has 3 rings (SSSR count). The molecule has 0 saturated carbocycles. The van der Waals surface area contributed by atoms with Gasteiger partial charge in [0, 0.05) is 0 Å². The lowest BCUT2D eigenvalue weighted by Gasteiger charge is -2.34. The monoisotopic (exact) mass is 341 g/mol. The number of primary amides is 1. The van der Waals surface area contributed by atoms with Crippen molar-refractivity contribution in [2.24, 2.45) is 5.73 Å². The Labute approximate surface area is 145 Å². The van der Waals surface area contributed by atoms with Crippen LogP contribution in [0.1, 0.15) is 0 Å². The van der Waals surface area contributed by atoms with Crippen LogP contribution in [0, 0.1) is 0 Å². The molecule has 2 aromatic rings. The molecule has 0 aliphatic carbocycles. The number of fused-ring (bicyclic) bond motifs is 1. The normalized spacial score (nSPS) is 15.7. The molecule has 2 amide bonds. The van der Waals surface area contributed by atoms with Gasteiger partial charge in [0.15, 0.2) is 6.10 Å². The molecule has 1 heterocycles. The lowest BCUT2D eigenvalue weighted by Crippen LogP contribution is -2.49. The molecule has 0 unspecified atom stereocenters. The Balaban J connectivity index is 1.77. The van der Waals surface area contributed by atoms with Crippen LogP contribution >= 0.6 is 0 Å². The molecule has 2 aromatic carbocycles. The summed E-state index contributed by atoms with van der Waals surface area (Å²) in [6, 6.07) is 14.4. The fourth-order valence-electron chi connectivity index (χ4n) is 2.72. The van der Waals surface area contributed by atoms with E-state index in [0.29, 0.717) is 17.2 Å². The van der Waals surface area contributed by atoms with Crippen LogP contribution in [-0.2, 0) is 9.59 Å². The third-order valence-electron chi connectivity index (χ3n) is 3.89. The van der Waals surface area contributed by atoms with E-state index in [1.54, 1.807) is 36.3 Å². The van der Waals surface area contributed by atoms with Crippen molar-refractivity contribution in [3.05, 3.63) is 48.5 Å². The van der Waals surface area contributed by atoms with Crippen molar-refractivity contribution in [2.45, 2.75) is 6.10 Å². The Morgan fingerprint density at radius 1 is 1.24 bits per heavy atom. The minimum Gasteiger partial charge on any atom is -0.495 e. The van der Waals surface area contributed by atoms with Gasteiger partial charge in [-0.1, -0.05) is 24.3 Å². The summed E-state index contributed by atoms with van der Waals surface area (Å²) >= 11 is 0. The Bertz CT molecular complexity index is 793. The number of anilines is 2. The van der Waals surface area contributed by atoms with Crippen molar-refractivity contribution >= 4 is 23.2 Å². The maximum Gasteiger partial charge on any atom is 0.260 e. The van der Waals surface area contributed by atoms with Crippen molar-refractivity contribution in [3.63, 3.8) is 0 Å². The number of carbonyl (C=O) groups excluding carboxylic acids is 2. The predicted octanol–water partition coefficient (Wildman–Crippen LogP) is 1.39. The number of amides is 2. The maximum absolute atomic E-state index is 12.5. The summed E-state index contributed by atoms with van der Waals surface area (Å²) in [6.45, 7) is 0.272. The molecule has 0 aromatic heterocycles. The highest BCUT2D eigenvalue weighted by Crippen LogP contribution is 2.33. The first-order valence-corrected chi connectivity index (χ1v) is 7.81. The number of benzene rings is 2. The highest BCUT2D eigenvalue weighted by Gasteiger charge is 2.30. The van der Waals surface area contributed by atoms with Gasteiger partial charge in [-0.25, -0.2) is 0 Å². The van der Waals surface area contributed by atoms with Gasteiger partial charge in [0.1, 0.15) is 11.5 Å². The van der Waals surface area contributed by atoms with Crippen LogP contribution < -0.4 is 25.4 Å². The zero-order chi connectivity index (χ0) is 17.8. The molecule has 0 fully saturated rings. The van der Waals surface area contributed by atoms with E-state index in [4.69, 9.17) is 15.2 Å². The smallest absolute Gasteiger partial charge is 0.260 e. The number of para-hydroxylation sites is 4. The van der Waals surface area contributed by atoms with Gasteiger partial charge in [-0.2, -0.15) is 0 Å². The number of hydrogen-bond acceptors (Lipinski definition) is 5. The van der Waals surface area contributed by atoms with Gasteiger partial charge in [0.25, 0.3) is 5.91 Å². The predicted molar refractivity (Wildman–Crippen MR) is 93.9 cm³/mol. The molecule has 7 nitrogen and oxygen atoms in total. The first-order valence-electron chi connectivity index (χ1n) is 7.81. The molecule has 25 heavy (non-hydrogen) atoms. The number of ether oxygens (including phenoxy) is 2. The van der Waals surface area contributed by atoms with Crippen LogP contribution in [0.2, 0.25) is 0 Å². The van der Waals surface area contributed by atoms with E-state index in [9.17, 15) is 9.59 Å². The van der Waals surface area contributed by atoms with Crippen molar-refractivity contribution in [1.82, 2.24) is 0 Å². The molecule has 0 saturated heterocycles. The Kier molecular flexibility index (Phi) is 4.74. The quantitative estimate of drug-likeness (QED) is 0.857. The van der Waals surface area contributed by atoms with E-state index < -0.39 is 12.0 Å². The van der Waals surface area contributed by atoms with Crippen molar-refractivity contribution < 1.29 is 19.1 Å². The SMILES string of the molecule is COc1ccccc1NC(=O)CN1C[C@H](C(N)=O)Oc2ccccc21. The third kappa shape index (κ3) is 3.65. The van der Waals surface area contributed by atoms with Gasteiger partial charge >= 0.3 is 0 Å². The molecule has 1 aliphatic rings. The van der Waals surface area contributed by atoms with Crippen LogP contribution in [0.5, 0.6) is 11.5 Å². The number of nitrogens with zero attached hydrogens (tertiary/aromatic N) is 1. The summed E-state index contributed by atoms with van der Waals surface area (Å²) in [4.78, 5) is 25.8.